The summed E-state index contributed by atoms with van der Waals surface area (Å²) in [5, 5.41) is 53.6. The molecule has 1 fully saturated rings. The predicted octanol–water partition coefficient (Wildman–Crippen LogP) is 2.48. The molecule has 0 bridgehead atoms. The number of nitrogens with one attached hydrogen (secondary N) is 15. The molecule has 0 aliphatic carbocycles. The number of primary amides is 1. The van der Waals surface area contributed by atoms with Gasteiger partial charge in [-0.1, -0.05) is 189 Å². The van der Waals surface area contributed by atoms with Crippen LogP contribution in [0.3, 0.4) is 0 Å². The molecular weight excluding hydrogens is 1610 g/mol. The highest BCUT2D eigenvalue weighted by molar-refractivity contribution is 6.01. The summed E-state index contributed by atoms with van der Waals surface area (Å²) in [6, 6.07) is 23.6. The molecule has 1 saturated heterocycles. The van der Waals surface area contributed by atoms with E-state index in [9.17, 15) is 38.7 Å². The lowest BCUT2D eigenvalue weighted by molar-refractivity contribution is -0.143. The minimum absolute atomic E-state index is 0.0188. The number of carbonyl (C=O) groups excluding carboxylic acids is 13. The molecule has 1 aliphatic rings. The molecule has 24 N–H and O–H groups in total. The smallest absolute Gasteiger partial charge is 0.246 e. The second kappa shape index (κ2) is 49.2. The highest BCUT2D eigenvalue weighted by Crippen LogP contribution is 2.26. The number of aromatic nitrogens is 2. The number of guanidine groups is 1. The van der Waals surface area contributed by atoms with Crippen LogP contribution in [-0.2, 0) is 94.4 Å². The molecule has 1 aliphatic heterocycles. The summed E-state index contributed by atoms with van der Waals surface area (Å²) in [5.74, 6) is -11.8. The van der Waals surface area contributed by atoms with Gasteiger partial charge in [0, 0.05) is 73.0 Å². The fraction of sp³-hybridized carbons (Fsp3) is 0.478. The first-order chi connectivity index (χ1) is 60.2. The fourth-order valence-electron chi connectivity index (χ4n) is 15.4. The summed E-state index contributed by atoms with van der Waals surface area (Å²) in [7, 11) is 0. The number of hydrogen-bond acceptors (Lipinski definition) is 17. The Morgan fingerprint density at radius 1 is 0.452 bits per heavy atom. The molecule has 34 heteroatoms. The lowest BCUT2D eigenvalue weighted by Gasteiger charge is -2.32. The number of amides is 13. The fourth-order valence-corrected chi connectivity index (χ4v) is 15.4. The Kier molecular flexibility index (Phi) is 38.6. The zero-order chi connectivity index (χ0) is 91.7. The highest BCUT2D eigenvalue weighted by Gasteiger charge is 2.43. The Morgan fingerprint density at radius 2 is 0.849 bits per heavy atom. The van der Waals surface area contributed by atoms with Crippen molar-refractivity contribution in [1.82, 2.24) is 78.7 Å². The van der Waals surface area contributed by atoms with Crippen LogP contribution < -0.4 is 86.7 Å². The van der Waals surface area contributed by atoms with Crippen LogP contribution >= 0.6 is 0 Å². The third-order valence-corrected chi connectivity index (χ3v) is 22.5. The maximum atomic E-state index is 15.3. The number of nitrogens with two attached hydrogens (primary N) is 4. The Labute approximate surface area is 735 Å². The number of benzene rings is 5. The number of aliphatic hydroxyl groups excluding tert-OH is 1. The van der Waals surface area contributed by atoms with E-state index in [1.165, 1.54) is 4.90 Å². The Hall–Kier alpha value is -12.6. The van der Waals surface area contributed by atoms with Crippen molar-refractivity contribution in [2.75, 3.05) is 26.2 Å². The van der Waals surface area contributed by atoms with Crippen molar-refractivity contribution < 1.29 is 67.4 Å². The topological polar surface area (TPSA) is 549 Å². The van der Waals surface area contributed by atoms with Crippen molar-refractivity contribution in [3.63, 3.8) is 0 Å². The number of rotatable bonds is 50. The summed E-state index contributed by atoms with van der Waals surface area (Å²) < 4.78 is 0. The van der Waals surface area contributed by atoms with Crippen molar-refractivity contribution in [3.8, 4) is 0 Å². The van der Waals surface area contributed by atoms with Gasteiger partial charge in [-0.3, -0.25) is 67.7 Å². The third kappa shape index (κ3) is 29.8. The standard InChI is InChI=1S/C92H128N20O14/c1-9-56(8)78(90(125)103-69(79(95)114)43-53(2)3)111-82(117)68(38-25-41-98-92(96)97)101-86(121)73(48-60-50-99-65-35-21-19-33-62(60)65)107-83(118)70(44-54(4)5)104-84(119)71(46-58-29-15-11-16-30-58)105-81(116)67(37-23-24-40-93)102-88(123)75(52-113)109-85(120)72(47-59-31-17-12-18-32-59)106-87(122)74(49-61-51-100-66-36-22-20-34-63(61)66)108-89(124)76-39-26-42-112(76)91(126)77(55(6)7)110-80(115)64(94)45-57-27-13-10-14-28-57/h10-22,27-36,50-51,53-56,64,67-78,99-100,113H,9,23-26,37-49,52,93-94H2,1-8H3,(H2,95,114)(H,101,121)(H,102,123)(H,103,125)(H,104,119)(H,105,116)(H,106,122)(H,107,118)(H,108,124)(H,109,120)(H,110,115)(H,111,117)(H4,96,97,98)/t56-,64-,67-,68-,69-,70+,71-,72-,73+,74-,75-,76-,77-,78-/m0/s1. The lowest BCUT2D eigenvalue weighted by Crippen LogP contribution is -2.62. The summed E-state index contributed by atoms with van der Waals surface area (Å²) in [6.07, 6.45) is 4.80. The van der Waals surface area contributed by atoms with Crippen LogP contribution in [0.1, 0.15) is 147 Å². The van der Waals surface area contributed by atoms with Crippen molar-refractivity contribution in [3.05, 3.63) is 180 Å². The van der Waals surface area contributed by atoms with Crippen LogP contribution in [-0.4, -0.2) is 208 Å². The monoisotopic (exact) mass is 1740 g/mol. The summed E-state index contributed by atoms with van der Waals surface area (Å²) in [5.41, 5.74) is 28.3. The van der Waals surface area contributed by atoms with Gasteiger partial charge in [0.1, 0.15) is 72.5 Å². The number of nitrogens with zero attached hydrogens (tertiary/aromatic N) is 1. The first kappa shape index (κ1) is 98.9. The molecule has 5 aromatic carbocycles. The number of carbonyl (C=O) groups is 13. The molecule has 0 spiro atoms. The van der Waals surface area contributed by atoms with Gasteiger partial charge in [0.05, 0.1) is 12.6 Å². The molecule has 126 heavy (non-hydrogen) atoms. The van der Waals surface area contributed by atoms with Crippen LogP contribution in [0.5, 0.6) is 0 Å². The summed E-state index contributed by atoms with van der Waals surface area (Å²) in [4.78, 5) is 198. The molecule has 0 saturated carbocycles. The average molecular weight is 1740 g/mol. The molecule has 14 atom stereocenters. The number of aromatic amines is 2. The highest BCUT2D eigenvalue weighted by atomic mass is 16.3. The van der Waals surface area contributed by atoms with E-state index in [2.05, 4.69) is 73.8 Å². The minimum atomic E-state index is -1.79. The molecule has 0 radical (unpaired) electrons. The van der Waals surface area contributed by atoms with E-state index in [4.69, 9.17) is 28.3 Å². The predicted molar refractivity (Wildman–Crippen MR) is 480 cm³/mol. The zero-order valence-corrected chi connectivity index (χ0v) is 73.2. The Bertz CT molecular complexity index is 4810. The van der Waals surface area contributed by atoms with E-state index in [0.717, 1.165) is 16.5 Å². The van der Waals surface area contributed by atoms with Gasteiger partial charge in [0.2, 0.25) is 76.8 Å². The Morgan fingerprint density at radius 3 is 1.32 bits per heavy atom. The van der Waals surface area contributed by atoms with Gasteiger partial charge >= 0.3 is 0 Å². The van der Waals surface area contributed by atoms with Gasteiger partial charge in [-0.2, -0.15) is 0 Å². The van der Waals surface area contributed by atoms with E-state index in [-0.39, 0.29) is 114 Å². The maximum absolute atomic E-state index is 15.3. The van der Waals surface area contributed by atoms with Crippen molar-refractivity contribution >= 4 is 105 Å². The number of fused-ring (bicyclic) bond motifs is 2. The van der Waals surface area contributed by atoms with Gasteiger partial charge in [-0.25, -0.2) is 0 Å². The molecule has 0 unspecified atom stereocenters. The van der Waals surface area contributed by atoms with Crippen molar-refractivity contribution in [1.29, 1.82) is 5.41 Å². The largest absolute Gasteiger partial charge is 0.394 e. The quantitative estimate of drug-likeness (QED) is 0.0148. The molecule has 7 aromatic rings. The van der Waals surface area contributed by atoms with Gasteiger partial charge < -0.3 is 107 Å². The second-order valence-electron chi connectivity index (χ2n) is 33.8. The molecule has 2 aromatic heterocycles. The van der Waals surface area contributed by atoms with Gasteiger partial charge in [0.15, 0.2) is 5.96 Å². The normalized spacial score (nSPS) is 15.7. The van der Waals surface area contributed by atoms with Crippen LogP contribution in [0.2, 0.25) is 0 Å². The molecule has 8 rings (SSSR count). The zero-order valence-electron chi connectivity index (χ0n) is 73.2. The third-order valence-electron chi connectivity index (χ3n) is 22.5. The van der Waals surface area contributed by atoms with Crippen molar-refractivity contribution in [2.24, 2.45) is 46.6 Å². The van der Waals surface area contributed by atoms with Gasteiger partial charge in [0.25, 0.3) is 0 Å². The van der Waals surface area contributed by atoms with Crippen LogP contribution in [0, 0.1) is 29.1 Å². The number of aliphatic hydroxyl groups is 1. The number of H-pyrrole nitrogens is 2. The summed E-state index contributed by atoms with van der Waals surface area (Å²) in [6.45, 7) is 13.8. The molecular formula is C92H128N20O14. The first-order valence-electron chi connectivity index (χ1n) is 43.6. The number of para-hydroxylation sites is 2. The summed E-state index contributed by atoms with van der Waals surface area (Å²) >= 11 is 0. The van der Waals surface area contributed by atoms with E-state index >= 15 is 28.8 Å². The molecule has 34 nitrogen and oxygen atoms in total. The van der Waals surface area contributed by atoms with Crippen LogP contribution in [0.25, 0.3) is 21.8 Å². The van der Waals surface area contributed by atoms with Crippen LogP contribution in [0.15, 0.2) is 152 Å². The molecule has 680 valence electrons. The van der Waals surface area contributed by atoms with Crippen LogP contribution in [0.4, 0.5) is 0 Å². The minimum Gasteiger partial charge on any atom is -0.394 e. The number of likely N-dealkylation sites (tertiary alicyclic amines) is 1. The maximum Gasteiger partial charge on any atom is 0.246 e. The van der Waals surface area contributed by atoms with Crippen molar-refractivity contribution in [2.45, 2.75) is 230 Å². The average Bonchev–Trinajstić information content (AvgIpc) is 1.64. The van der Waals surface area contributed by atoms with E-state index in [1.54, 1.807) is 114 Å². The SMILES string of the molecule is CC[C@H](C)[C@H](NC(=O)[C@H](CCCNC(=N)N)NC(=O)[C@@H](Cc1c[nH]c2ccccc12)NC(=O)[C@@H](CC(C)C)NC(=O)[C@H](Cc1ccccc1)NC(=O)[C@H](CCCCN)NC(=O)[C@H](CO)NC(=O)[C@H](Cc1ccccc1)NC(=O)[C@H](Cc1c[nH]c2ccccc12)NC(=O)[C@@H]1CCCN1C(=O)[C@@H](NC(=O)[C@@H](N)Cc1ccccc1)C(C)C)C(=O)N[C@@H](CC(C)C)C(N)=O. The number of unbranched alkanes of at least 4 members (excludes halogenated alkanes) is 1. The second-order valence-corrected chi connectivity index (χ2v) is 33.8. The van der Waals surface area contributed by atoms with Gasteiger partial charge in [-0.05, 0) is 134 Å². The van der Waals surface area contributed by atoms with E-state index in [0.29, 0.717) is 52.4 Å². The molecule has 3 heterocycles. The Balaban J connectivity index is 1.03. The lowest BCUT2D eigenvalue weighted by atomic mass is 9.96. The van der Waals surface area contributed by atoms with Gasteiger partial charge in [-0.15, -0.1) is 0 Å². The number of hydrogen-bond donors (Lipinski definition) is 20. The van der Waals surface area contributed by atoms with E-state index < -0.39 is 174 Å². The molecule has 13 amide bonds. The first-order valence-corrected chi connectivity index (χ1v) is 43.6. The van der Waals surface area contributed by atoms with E-state index in [1.807, 2.05) is 93.6 Å².